The molecule has 1 fully saturated rings. The molecule has 1 aromatic heterocycles. The Balaban J connectivity index is 1.83. The van der Waals surface area contributed by atoms with E-state index in [0.717, 1.165) is 13.1 Å². The summed E-state index contributed by atoms with van der Waals surface area (Å²) < 4.78 is 23.6. The molecule has 1 N–H and O–H groups in total. The zero-order chi connectivity index (χ0) is 22.3. The first-order chi connectivity index (χ1) is 14.7. The van der Waals surface area contributed by atoms with Gasteiger partial charge in [0.2, 0.25) is 4.77 Å². The normalized spacial score (nSPS) is 21.4. The van der Waals surface area contributed by atoms with Crippen LogP contribution in [0.4, 0.5) is 4.39 Å². The molecule has 0 unspecified atom stereocenters. The lowest BCUT2D eigenvalue weighted by Gasteiger charge is -2.32. The Morgan fingerprint density at radius 3 is 2.45 bits per heavy atom. The fourth-order valence-corrected chi connectivity index (χ4v) is 4.91. The highest BCUT2D eigenvalue weighted by atomic mass is 35.5. The molecule has 1 aliphatic rings. The number of rotatable bonds is 4. The number of morpholine rings is 1. The van der Waals surface area contributed by atoms with Crippen molar-refractivity contribution in [3.05, 3.63) is 62.1 Å². The van der Waals surface area contributed by atoms with Gasteiger partial charge in [-0.25, -0.2) is 4.39 Å². The highest BCUT2D eigenvalue weighted by Crippen LogP contribution is 2.32. The van der Waals surface area contributed by atoms with Gasteiger partial charge in [-0.05, 0) is 62.5 Å². The summed E-state index contributed by atoms with van der Waals surface area (Å²) in [6.07, 6.45) is 0.298. The molecule has 0 radical (unpaired) electrons. The van der Waals surface area contributed by atoms with Gasteiger partial charge in [0.1, 0.15) is 31.1 Å². The first-order valence-electron chi connectivity index (χ1n) is 9.82. The van der Waals surface area contributed by atoms with Gasteiger partial charge < -0.3 is 9.64 Å². The van der Waals surface area contributed by atoms with Crippen molar-refractivity contribution < 1.29 is 14.0 Å². The predicted octanol–water partition coefficient (Wildman–Crippen LogP) is 4.82. The van der Waals surface area contributed by atoms with Gasteiger partial charge in [0.15, 0.2) is 12.5 Å². The third-order valence-electron chi connectivity index (χ3n) is 5.16. The SMILES string of the molecule is C[C@@H]1C[NH+](Cn2nc(-c3ccc(Cl)cc3Cl)n(-c3ccc(F)c(Cl)c3)c2=S)C[C@@H](C)O1. The average Bonchev–Trinajstić information content (AvgIpc) is 2.99. The maximum absolute atomic E-state index is 13.8. The molecule has 0 aliphatic carbocycles. The van der Waals surface area contributed by atoms with Crippen molar-refractivity contribution in [1.29, 1.82) is 0 Å². The Morgan fingerprint density at radius 2 is 1.81 bits per heavy atom. The summed E-state index contributed by atoms with van der Waals surface area (Å²) >= 11 is 24.4. The molecule has 0 saturated carbocycles. The van der Waals surface area contributed by atoms with E-state index in [1.165, 1.54) is 17.0 Å². The van der Waals surface area contributed by atoms with Gasteiger partial charge in [-0.1, -0.05) is 34.8 Å². The third-order valence-corrected chi connectivity index (χ3v) is 6.39. The number of hydrogen-bond donors (Lipinski definition) is 1. The van der Waals surface area contributed by atoms with Crippen molar-refractivity contribution in [2.45, 2.75) is 32.7 Å². The molecule has 2 atom stereocenters. The number of ether oxygens (including phenoxy) is 1. The Morgan fingerprint density at radius 1 is 1.10 bits per heavy atom. The second-order valence-electron chi connectivity index (χ2n) is 7.74. The molecule has 2 heterocycles. The van der Waals surface area contributed by atoms with Crippen LogP contribution in [0.1, 0.15) is 13.8 Å². The molecule has 0 spiro atoms. The first kappa shape index (κ1) is 22.7. The number of nitrogens with zero attached hydrogens (tertiary/aromatic N) is 3. The number of aromatic nitrogens is 3. The van der Waals surface area contributed by atoms with Crippen LogP contribution >= 0.6 is 47.0 Å². The van der Waals surface area contributed by atoms with E-state index in [-0.39, 0.29) is 17.2 Å². The van der Waals surface area contributed by atoms with E-state index in [9.17, 15) is 4.39 Å². The van der Waals surface area contributed by atoms with Crippen molar-refractivity contribution in [2.75, 3.05) is 13.1 Å². The summed E-state index contributed by atoms with van der Waals surface area (Å²) in [5.41, 5.74) is 1.26. The highest BCUT2D eigenvalue weighted by molar-refractivity contribution is 7.71. The van der Waals surface area contributed by atoms with E-state index in [1.807, 2.05) is 0 Å². The summed E-state index contributed by atoms with van der Waals surface area (Å²) in [5, 5.41) is 5.75. The number of halogens is 4. The van der Waals surface area contributed by atoms with Crippen molar-refractivity contribution in [3.8, 4) is 17.1 Å². The number of nitrogens with one attached hydrogen (secondary N) is 1. The van der Waals surface area contributed by atoms with E-state index < -0.39 is 5.82 Å². The second-order valence-corrected chi connectivity index (χ2v) is 9.35. The van der Waals surface area contributed by atoms with Crippen LogP contribution in [0.3, 0.4) is 0 Å². The summed E-state index contributed by atoms with van der Waals surface area (Å²) in [6, 6.07) is 9.63. The van der Waals surface area contributed by atoms with Gasteiger partial charge in [-0.3, -0.25) is 4.57 Å². The molecule has 2 aromatic carbocycles. The van der Waals surface area contributed by atoms with E-state index in [1.54, 1.807) is 33.5 Å². The minimum atomic E-state index is -0.504. The van der Waals surface area contributed by atoms with Gasteiger partial charge >= 0.3 is 0 Å². The molecule has 5 nitrogen and oxygen atoms in total. The molecule has 10 heteroatoms. The fourth-order valence-electron chi connectivity index (χ4n) is 3.94. The summed E-state index contributed by atoms with van der Waals surface area (Å²) in [4.78, 5) is 1.30. The minimum absolute atomic E-state index is 0.00163. The van der Waals surface area contributed by atoms with Crippen molar-refractivity contribution in [2.24, 2.45) is 0 Å². The zero-order valence-electron chi connectivity index (χ0n) is 16.9. The largest absolute Gasteiger partial charge is 0.364 e. The van der Waals surface area contributed by atoms with Crippen LogP contribution < -0.4 is 4.90 Å². The van der Waals surface area contributed by atoms with E-state index >= 15 is 0 Å². The molecule has 3 aromatic rings. The van der Waals surface area contributed by atoms with Crippen LogP contribution in [0.25, 0.3) is 17.1 Å². The minimum Gasteiger partial charge on any atom is -0.364 e. The first-order valence-corrected chi connectivity index (χ1v) is 11.4. The fraction of sp³-hybridized carbons (Fsp3) is 0.333. The van der Waals surface area contributed by atoms with Crippen molar-refractivity contribution in [3.63, 3.8) is 0 Å². The van der Waals surface area contributed by atoms with Crippen LogP contribution in [0.2, 0.25) is 15.1 Å². The van der Waals surface area contributed by atoms with Gasteiger partial charge in [0, 0.05) is 10.6 Å². The standard InChI is InChI=1S/C21H20Cl3FN4OS/c1-12-9-27(10-13(2)30-12)11-28-21(31)29(15-4-6-19(25)18(24)8-15)20(26-28)16-5-3-14(22)7-17(16)23/h3-8,12-13H,9-11H2,1-2H3/p+1/t12-,13-/m1/s1. The van der Waals surface area contributed by atoms with Crippen LogP contribution in [0, 0.1) is 10.6 Å². The lowest BCUT2D eigenvalue weighted by atomic mass is 10.2. The molecule has 4 rings (SSSR count). The maximum atomic E-state index is 13.8. The molecule has 0 bridgehead atoms. The predicted molar refractivity (Wildman–Crippen MR) is 124 cm³/mol. The third kappa shape index (κ3) is 4.82. The Labute approximate surface area is 199 Å². The monoisotopic (exact) mass is 501 g/mol. The average molecular weight is 503 g/mol. The van der Waals surface area contributed by atoms with E-state index in [2.05, 4.69) is 13.8 Å². The highest BCUT2D eigenvalue weighted by Gasteiger charge is 2.27. The van der Waals surface area contributed by atoms with Gasteiger partial charge in [-0.2, -0.15) is 4.68 Å². The van der Waals surface area contributed by atoms with Crippen LogP contribution in [0.15, 0.2) is 36.4 Å². The van der Waals surface area contributed by atoms with Gasteiger partial charge in [0.05, 0.1) is 15.7 Å². The second kappa shape index (κ2) is 9.17. The lowest BCUT2D eigenvalue weighted by molar-refractivity contribution is -0.937. The van der Waals surface area contributed by atoms with Crippen molar-refractivity contribution >= 4 is 47.0 Å². The molecule has 0 amide bonds. The topological polar surface area (TPSA) is 36.4 Å². The summed E-state index contributed by atoms with van der Waals surface area (Å²) in [7, 11) is 0. The summed E-state index contributed by atoms with van der Waals surface area (Å²) in [5.74, 6) is 0.0271. The molecule has 164 valence electrons. The molecule has 1 aliphatic heterocycles. The van der Waals surface area contributed by atoms with Crippen LogP contribution in [-0.2, 0) is 11.4 Å². The van der Waals surface area contributed by atoms with Crippen LogP contribution in [0.5, 0.6) is 0 Å². The van der Waals surface area contributed by atoms with Gasteiger partial charge in [-0.15, -0.1) is 5.10 Å². The van der Waals surface area contributed by atoms with E-state index in [4.69, 9.17) is 56.9 Å². The number of quaternary nitrogens is 1. The van der Waals surface area contributed by atoms with Gasteiger partial charge in [0.25, 0.3) is 0 Å². The lowest BCUT2D eigenvalue weighted by Crippen LogP contribution is -3.14. The van der Waals surface area contributed by atoms with E-state index in [0.29, 0.717) is 38.6 Å². The molecule has 1 saturated heterocycles. The Bertz CT molecular complexity index is 1170. The summed E-state index contributed by atoms with van der Waals surface area (Å²) in [6.45, 7) is 6.38. The number of benzene rings is 2. The zero-order valence-corrected chi connectivity index (χ0v) is 20.0. The molecular formula is C21H21Cl3FN4OS+. The maximum Gasteiger partial charge on any atom is 0.207 e. The van der Waals surface area contributed by atoms with Crippen molar-refractivity contribution in [1.82, 2.24) is 14.3 Å². The van der Waals surface area contributed by atoms with Crippen LogP contribution in [-0.4, -0.2) is 39.6 Å². The Hall–Kier alpha value is -1.48. The molecule has 31 heavy (non-hydrogen) atoms. The Kier molecular flexibility index (Phi) is 6.72. The number of hydrogen-bond acceptors (Lipinski definition) is 3. The quantitative estimate of drug-likeness (QED) is 0.520. The smallest absolute Gasteiger partial charge is 0.207 e. The molecular weight excluding hydrogens is 482 g/mol.